The fourth-order valence-electron chi connectivity index (χ4n) is 2.01. The summed E-state index contributed by atoms with van der Waals surface area (Å²) in [7, 11) is 0. The smallest absolute Gasteiger partial charge is 0.377 e. The number of aliphatic imine (C=N–C) groups is 1. The molecule has 0 radical (unpaired) electrons. The summed E-state index contributed by atoms with van der Waals surface area (Å²) in [6.45, 7) is 5.89. The van der Waals surface area contributed by atoms with Gasteiger partial charge in [0, 0.05) is 19.7 Å². The van der Waals surface area contributed by atoms with E-state index in [0.717, 1.165) is 17.5 Å². The molecular formula is C17H26F3N3O. The van der Waals surface area contributed by atoms with Gasteiger partial charge < -0.3 is 15.4 Å². The molecule has 0 amide bonds. The summed E-state index contributed by atoms with van der Waals surface area (Å²) in [6, 6.07) is 7.78. The van der Waals surface area contributed by atoms with E-state index in [4.69, 9.17) is 4.74 Å². The molecule has 1 aromatic rings. The molecule has 0 unspecified atom stereocenters. The summed E-state index contributed by atoms with van der Waals surface area (Å²) in [4.78, 5) is 4.36. The predicted octanol–water partition coefficient (Wildman–Crippen LogP) is 3.62. The van der Waals surface area contributed by atoms with E-state index in [-0.39, 0.29) is 6.54 Å². The molecule has 7 heteroatoms. The van der Waals surface area contributed by atoms with E-state index < -0.39 is 12.6 Å². The zero-order chi connectivity index (χ0) is 17.8. The fourth-order valence-corrected chi connectivity index (χ4v) is 2.01. The topological polar surface area (TPSA) is 45.6 Å². The van der Waals surface area contributed by atoms with Crippen LogP contribution in [0.3, 0.4) is 0 Å². The zero-order valence-corrected chi connectivity index (χ0v) is 14.2. The third kappa shape index (κ3) is 8.76. The summed E-state index contributed by atoms with van der Waals surface area (Å²) in [5, 5.41) is 5.66. The maximum atomic E-state index is 12.2. The summed E-state index contributed by atoms with van der Waals surface area (Å²) >= 11 is 0. The highest BCUT2D eigenvalue weighted by Gasteiger charge is 2.26. The first-order valence-electron chi connectivity index (χ1n) is 8.19. The average Bonchev–Trinajstić information content (AvgIpc) is 2.53. The maximum Gasteiger partial charge on any atom is 0.390 e. The molecule has 0 spiro atoms. The lowest BCUT2D eigenvalue weighted by atomic mass is 10.1. The lowest BCUT2D eigenvalue weighted by Crippen LogP contribution is -2.38. The SMILES string of the molecule is CCCOCc1ccccc1CN=C(NCC)NCCC(F)(F)F. The normalized spacial score (nSPS) is 12.3. The van der Waals surface area contributed by atoms with Crippen molar-refractivity contribution in [2.24, 2.45) is 4.99 Å². The van der Waals surface area contributed by atoms with E-state index in [0.29, 0.717) is 32.3 Å². The van der Waals surface area contributed by atoms with E-state index in [9.17, 15) is 13.2 Å². The molecule has 0 saturated heterocycles. The minimum absolute atomic E-state index is 0.198. The summed E-state index contributed by atoms with van der Waals surface area (Å²) in [5.41, 5.74) is 2.04. The van der Waals surface area contributed by atoms with E-state index in [2.05, 4.69) is 15.6 Å². The molecule has 0 atom stereocenters. The third-order valence-electron chi connectivity index (χ3n) is 3.18. The number of ether oxygens (including phenoxy) is 1. The van der Waals surface area contributed by atoms with Crippen molar-refractivity contribution < 1.29 is 17.9 Å². The molecule has 1 aromatic carbocycles. The van der Waals surface area contributed by atoms with Gasteiger partial charge in [0.2, 0.25) is 0 Å². The van der Waals surface area contributed by atoms with Crippen molar-refractivity contribution in [1.82, 2.24) is 10.6 Å². The number of alkyl halides is 3. The highest BCUT2D eigenvalue weighted by Crippen LogP contribution is 2.18. The Morgan fingerprint density at radius 3 is 2.46 bits per heavy atom. The first kappa shape index (κ1) is 20.3. The van der Waals surface area contributed by atoms with Crippen molar-refractivity contribution in [3.63, 3.8) is 0 Å². The second-order valence-corrected chi connectivity index (χ2v) is 5.31. The van der Waals surface area contributed by atoms with E-state index in [1.807, 2.05) is 38.1 Å². The van der Waals surface area contributed by atoms with Crippen LogP contribution in [0.2, 0.25) is 0 Å². The van der Waals surface area contributed by atoms with Gasteiger partial charge in [-0.2, -0.15) is 13.2 Å². The van der Waals surface area contributed by atoms with Gasteiger partial charge in [-0.15, -0.1) is 0 Å². The number of hydrogen-bond acceptors (Lipinski definition) is 2. The molecule has 0 aliphatic carbocycles. The van der Waals surface area contributed by atoms with Crippen LogP contribution in [-0.4, -0.2) is 31.8 Å². The molecule has 1 rings (SSSR count). The number of nitrogens with one attached hydrogen (secondary N) is 2. The van der Waals surface area contributed by atoms with Gasteiger partial charge in [0.25, 0.3) is 0 Å². The minimum Gasteiger partial charge on any atom is -0.377 e. The number of guanidine groups is 1. The largest absolute Gasteiger partial charge is 0.390 e. The quantitative estimate of drug-likeness (QED) is 0.408. The van der Waals surface area contributed by atoms with Gasteiger partial charge in [0.1, 0.15) is 0 Å². The monoisotopic (exact) mass is 345 g/mol. The van der Waals surface area contributed by atoms with Crippen molar-refractivity contribution in [1.29, 1.82) is 0 Å². The maximum absolute atomic E-state index is 12.2. The Balaban J connectivity index is 2.64. The Bertz CT molecular complexity index is 504. The van der Waals surface area contributed by atoms with E-state index in [1.54, 1.807) is 0 Å². The van der Waals surface area contributed by atoms with Crippen molar-refractivity contribution in [2.45, 2.75) is 46.0 Å². The van der Waals surface area contributed by atoms with E-state index >= 15 is 0 Å². The lowest BCUT2D eigenvalue weighted by molar-refractivity contribution is -0.132. The third-order valence-corrected chi connectivity index (χ3v) is 3.18. The van der Waals surface area contributed by atoms with Gasteiger partial charge in [0.15, 0.2) is 5.96 Å². The van der Waals surface area contributed by atoms with Gasteiger partial charge in [-0.3, -0.25) is 0 Å². The Kier molecular flexibility index (Phi) is 9.22. The number of nitrogens with zero attached hydrogens (tertiary/aromatic N) is 1. The Morgan fingerprint density at radius 2 is 1.83 bits per heavy atom. The Morgan fingerprint density at radius 1 is 1.12 bits per heavy atom. The van der Waals surface area contributed by atoms with Crippen LogP contribution in [0.15, 0.2) is 29.3 Å². The number of benzene rings is 1. The van der Waals surface area contributed by atoms with Crippen LogP contribution < -0.4 is 10.6 Å². The molecule has 0 aliphatic rings. The van der Waals surface area contributed by atoms with Crippen LogP contribution in [-0.2, 0) is 17.9 Å². The second kappa shape index (κ2) is 10.9. The van der Waals surface area contributed by atoms with Crippen molar-refractivity contribution in [2.75, 3.05) is 19.7 Å². The fraction of sp³-hybridized carbons (Fsp3) is 0.588. The van der Waals surface area contributed by atoms with Gasteiger partial charge in [0.05, 0.1) is 19.6 Å². The van der Waals surface area contributed by atoms with Crippen LogP contribution in [0, 0.1) is 0 Å². The highest BCUT2D eigenvalue weighted by molar-refractivity contribution is 5.79. The number of rotatable bonds is 9. The average molecular weight is 345 g/mol. The molecule has 0 bridgehead atoms. The summed E-state index contributed by atoms with van der Waals surface area (Å²) < 4.78 is 42.2. The molecule has 0 aliphatic heterocycles. The second-order valence-electron chi connectivity index (χ2n) is 5.31. The Labute approximate surface area is 141 Å². The van der Waals surface area contributed by atoms with E-state index in [1.165, 1.54) is 0 Å². The highest BCUT2D eigenvalue weighted by atomic mass is 19.4. The van der Waals surface area contributed by atoms with Crippen LogP contribution in [0.1, 0.15) is 37.8 Å². The summed E-state index contributed by atoms with van der Waals surface area (Å²) in [5.74, 6) is 0.381. The Hall–Kier alpha value is -1.76. The molecule has 2 N–H and O–H groups in total. The molecule has 0 aromatic heterocycles. The minimum atomic E-state index is -4.17. The molecule has 0 fully saturated rings. The predicted molar refractivity (Wildman–Crippen MR) is 89.9 cm³/mol. The van der Waals surface area contributed by atoms with Crippen molar-refractivity contribution in [3.8, 4) is 0 Å². The van der Waals surface area contributed by atoms with Crippen LogP contribution >= 0.6 is 0 Å². The standard InChI is InChI=1S/C17H26F3N3O/c1-3-11-24-13-15-8-6-5-7-14(15)12-23-16(21-4-2)22-10-9-17(18,19)20/h5-8H,3-4,9-13H2,1-2H3,(H2,21,22,23). The number of halogens is 3. The van der Waals surface area contributed by atoms with Gasteiger partial charge in [-0.1, -0.05) is 31.2 Å². The summed E-state index contributed by atoms with van der Waals surface area (Å²) in [6.07, 6.45) is -4.11. The van der Waals surface area contributed by atoms with Crippen molar-refractivity contribution >= 4 is 5.96 Å². The molecule has 24 heavy (non-hydrogen) atoms. The van der Waals surface area contributed by atoms with Crippen LogP contribution in [0.5, 0.6) is 0 Å². The van der Waals surface area contributed by atoms with Crippen molar-refractivity contribution in [3.05, 3.63) is 35.4 Å². The molecule has 136 valence electrons. The van der Waals surface area contributed by atoms with Gasteiger partial charge in [-0.25, -0.2) is 4.99 Å². The van der Waals surface area contributed by atoms with Gasteiger partial charge in [-0.05, 0) is 24.5 Å². The van der Waals surface area contributed by atoms with Crippen LogP contribution in [0.4, 0.5) is 13.2 Å². The lowest BCUT2D eigenvalue weighted by Gasteiger charge is -2.13. The zero-order valence-electron chi connectivity index (χ0n) is 14.2. The van der Waals surface area contributed by atoms with Crippen LogP contribution in [0.25, 0.3) is 0 Å². The first-order chi connectivity index (χ1) is 11.5. The molecular weight excluding hydrogens is 319 g/mol. The molecule has 0 saturated carbocycles. The molecule has 4 nitrogen and oxygen atoms in total. The molecule has 0 heterocycles. The first-order valence-corrected chi connectivity index (χ1v) is 8.19. The number of hydrogen-bond donors (Lipinski definition) is 2. The van der Waals surface area contributed by atoms with Gasteiger partial charge >= 0.3 is 6.18 Å².